The van der Waals surface area contributed by atoms with E-state index in [-0.39, 0.29) is 0 Å². The van der Waals surface area contributed by atoms with Gasteiger partial charge in [-0.2, -0.15) is 0 Å². The molecule has 0 aromatic carbocycles. The quantitative estimate of drug-likeness (QED) is 0.665. The van der Waals surface area contributed by atoms with Crippen LogP contribution in [0, 0.1) is 0 Å². The van der Waals surface area contributed by atoms with Gasteiger partial charge in [0.25, 0.3) is 0 Å². The van der Waals surface area contributed by atoms with E-state index in [0.717, 1.165) is 12.6 Å². The molecule has 3 atom stereocenters. The zero-order valence-electron chi connectivity index (χ0n) is 8.96. The Kier molecular flexibility index (Phi) is 2.08. The highest BCUT2D eigenvalue weighted by Crippen LogP contribution is 2.36. The highest BCUT2D eigenvalue weighted by Gasteiger charge is 2.49. The molecule has 3 unspecified atom stereocenters. The van der Waals surface area contributed by atoms with Gasteiger partial charge in [0.2, 0.25) is 0 Å². The molecular weight excluding hydrogens is 176 g/mol. The fourth-order valence-electron chi connectivity index (χ4n) is 3.54. The molecule has 80 valence electrons. The minimum atomic E-state index is 0.300. The molecule has 1 N–H and O–H groups in total. The minimum Gasteiger partial charge on any atom is -0.376 e. The van der Waals surface area contributed by atoms with Gasteiger partial charge in [0, 0.05) is 25.7 Å². The summed E-state index contributed by atoms with van der Waals surface area (Å²) in [7, 11) is 2.24. The molecule has 3 heteroatoms. The van der Waals surface area contributed by atoms with Gasteiger partial charge in [-0.1, -0.05) is 0 Å². The molecule has 0 saturated carbocycles. The predicted molar refractivity (Wildman–Crippen MR) is 55.4 cm³/mol. The number of hydrogen-bond donors (Lipinski definition) is 1. The molecule has 3 nitrogen and oxygen atoms in total. The molecule has 3 aliphatic rings. The van der Waals surface area contributed by atoms with Gasteiger partial charge in [-0.15, -0.1) is 0 Å². The van der Waals surface area contributed by atoms with Crippen molar-refractivity contribution < 1.29 is 4.74 Å². The van der Waals surface area contributed by atoms with Crippen LogP contribution in [0.5, 0.6) is 0 Å². The fourth-order valence-corrected chi connectivity index (χ4v) is 3.54. The first-order valence-corrected chi connectivity index (χ1v) is 5.86. The van der Waals surface area contributed by atoms with Crippen LogP contribution in [0.3, 0.4) is 0 Å². The van der Waals surface area contributed by atoms with Crippen LogP contribution in [0.4, 0.5) is 0 Å². The third-order valence-corrected chi connectivity index (χ3v) is 4.06. The molecule has 0 aromatic rings. The van der Waals surface area contributed by atoms with E-state index in [1.165, 1.54) is 38.8 Å². The molecular formula is C11H20N2O. The lowest BCUT2D eigenvalue weighted by Gasteiger charge is -2.43. The first-order chi connectivity index (χ1) is 6.78. The number of fused-ring (bicyclic) bond motifs is 2. The Hall–Kier alpha value is -0.120. The van der Waals surface area contributed by atoms with Crippen LogP contribution >= 0.6 is 0 Å². The second kappa shape index (κ2) is 3.19. The van der Waals surface area contributed by atoms with Crippen molar-refractivity contribution in [1.29, 1.82) is 0 Å². The van der Waals surface area contributed by atoms with Crippen molar-refractivity contribution in [2.24, 2.45) is 0 Å². The predicted octanol–water partition coefficient (Wildman–Crippen LogP) is 0.602. The minimum absolute atomic E-state index is 0.300. The molecule has 3 heterocycles. The number of rotatable bonds is 1. The van der Waals surface area contributed by atoms with Crippen molar-refractivity contribution in [1.82, 2.24) is 10.2 Å². The SMILES string of the molecule is CN1CC2CCC(C3CCCO3)(C1)N2. The maximum absolute atomic E-state index is 5.87. The Labute approximate surface area is 85.8 Å². The summed E-state index contributed by atoms with van der Waals surface area (Å²) in [5, 5.41) is 3.81. The van der Waals surface area contributed by atoms with E-state index in [1.807, 2.05) is 0 Å². The molecule has 14 heavy (non-hydrogen) atoms. The third-order valence-electron chi connectivity index (χ3n) is 4.06. The van der Waals surface area contributed by atoms with Crippen LogP contribution in [-0.4, -0.2) is 49.3 Å². The van der Waals surface area contributed by atoms with Crippen molar-refractivity contribution >= 4 is 0 Å². The van der Waals surface area contributed by atoms with Gasteiger partial charge in [0.1, 0.15) is 0 Å². The molecule has 3 aliphatic heterocycles. The van der Waals surface area contributed by atoms with Gasteiger partial charge in [0.05, 0.1) is 11.6 Å². The lowest BCUT2D eigenvalue weighted by Crippen LogP contribution is -2.63. The van der Waals surface area contributed by atoms with E-state index in [1.54, 1.807) is 0 Å². The zero-order chi connectivity index (χ0) is 9.60. The normalized spacial score (nSPS) is 48.6. The highest BCUT2D eigenvalue weighted by atomic mass is 16.5. The zero-order valence-corrected chi connectivity index (χ0v) is 8.96. The Morgan fingerprint density at radius 3 is 3.14 bits per heavy atom. The van der Waals surface area contributed by atoms with E-state index >= 15 is 0 Å². The number of likely N-dealkylation sites (N-methyl/N-ethyl adjacent to an activating group) is 1. The Bertz CT molecular complexity index is 227. The Balaban J connectivity index is 1.80. The molecule has 2 bridgehead atoms. The molecule has 0 aromatic heterocycles. The fraction of sp³-hybridized carbons (Fsp3) is 1.00. The number of ether oxygens (including phenoxy) is 1. The van der Waals surface area contributed by atoms with E-state index in [0.29, 0.717) is 11.6 Å². The van der Waals surface area contributed by atoms with Crippen LogP contribution in [0.1, 0.15) is 25.7 Å². The van der Waals surface area contributed by atoms with Crippen molar-refractivity contribution in [3.8, 4) is 0 Å². The summed E-state index contributed by atoms with van der Waals surface area (Å²) in [6.45, 7) is 3.37. The van der Waals surface area contributed by atoms with Crippen LogP contribution in [0.2, 0.25) is 0 Å². The molecule has 3 fully saturated rings. The van der Waals surface area contributed by atoms with Crippen LogP contribution < -0.4 is 5.32 Å². The molecule has 0 amide bonds. The summed E-state index contributed by atoms with van der Waals surface area (Å²) >= 11 is 0. The van der Waals surface area contributed by atoms with Gasteiger partial charge < -0.3 is 15.0 Å². The van der Waals surface area contributed by atoms with Crippen molar-refractivity contribution in [3.05, 3.63) is 0 Å². The van der Waals surface area contributed by atoms with Gasteiger partial charge in [-0.05, 0) is 32.7 Å². The average molecular weight is 196 g/mol. The van der Waals surface area contributed by atoms with E-state index < -0.39 is 0 Å². The lowest BCUT2D eigenvalue weighted by molar-refractivity contribution is 0.00591. The maximum atomic E-state index is 5.87. The average Bonchev–Trinajstić information content (AvgIpc) is 2.74. The summed E-state index contributed by atoms with van der Waals surface area (Å²) in [6.07, 6.45) is 5.64. The summed E-state index contributed by atoms with van der Waals surface area (Å²) < 4.78 is 5.87. The van der Waals surface area contributed by atoms with Crippen LogP contribution in [0.25, 0.3) is 0 Å². The monoisotopic (exact) mass is 196 g/mol. The number of hydrogen-bond acceptors (Lipinski definition) is 3. The molecule has 3 saturated heterocycles. The van der Waals surface area contributed by atoms with E-state index in [2.05, 4.69) is 17.3 Å². The Morgan fingerprint density at radius 2 is 2.36 bits per heavy atom. The van der Waals surface area contributed by atoms with Gasteiger partial charge >= 0.3 is 0 Å². The van der Waals surface area contributed by atoms with Crippen LogP contribution in [0.15, 0.2) is 0 Å². The summed E-state index contributed by atoms with van der Waals surface area (Å²) in [5.41, 5.74) is 0.300. The van der Waals surface area contributed by atoms with Crippen LogP contribution in [-0.2, 0) is 4.74 Å². The number of likely N-dealkylation sites (tertiary alicyclic amines) is 1. The second-order valence-electron chi connectivity index (χ2n) is 5.23. The van der Waals surface area contributed by atoms with E-state index in [4.69, 9.17) is 4.74 Å². The van der Waals surface area contributed by atoms with E-state index in [9.17, 15) is 0 Å². The smallest absolute Gasteiger partial charge is 0.0770 e. The first-order valence-electron chi connectivity index (χ1n) is 5.86. The number of nitrogens with one attached hydrogen (secondary N) is 1. The summed E-state index contributed by atoms with van der Waals surface area (Å²) in [6, 6.07) is 0.720. The van der Waals surface area contributed by atoms with Gasteiger partial charge in [0.15, 0.2) is 0 Å². The van der Waals surface area contributed by atoms with Gasteiger partial charge in [-0.3, -0.25) is 0 Å². The molecule has 0 aliphatic carbocycles. The first kappa shape index (κ1) is 9.13. The highest BCUT2D eigenvalue weighted by molar-refractivity contribution is 5.09. The van der Waals surface area contributed by atoms with Gasteiger partial charge in [-0.25, -0.2) is 0 Å². The molecule has 0 radical (unpaired) electrons. The molecule has 3 rings (SSSR count). The van der Waals surface area contributed by atoms with Crippen molar-refractivity contribution in [2.45, 2.75) is 43.4 Å². The lowest BCUT2D eigenvalue weighted by atomic mass is 9.88. The molecule has 0 spiro atoms. The summed E-state index contributed by atoms with van der Waals surface area (Å²) in [5.74, 6) is 0. The topological polar surface area (TPSA) is 24.5 Å². The maximum Gasteiger partial charge on any atom is 0.0770 e. The standard InChI is InChI=1S/C11H20N2O/c1-13-7-9-4-5-11(8-13,12-9)10-3-2-6-14-10/h9-10,12H,2-8H2,1H3. The second-order valence-corrected chi connectivity index (χ2v) is 5.23. The number of nitrogens with zero attached hydrogens (tertiary/aromatic N) is 1. The Morgan fingerprint density at radius 1 is 1.43 bits per heavy atom. The van der Waals surface area contributed by atoms with Crippen molar-refractivity contribution in [3.63, 3.8) is 0 Å². The summed E-state index contributed by atoms with van der Waals surface area (Å²) in [4.78, 5) is 2.47. The largest absolute Gasteiger partial charge is 0.376 e. The van der Waals surface area contributed by atoms with Crippen molar-refractivity contribution in [2.75, 3.05) is 26.7 Å². The number of piperazine rings is 1. The third kappa shape index (κ3) is 1.30.